The van der Waals surface area contributed by atoms with Crippen LogP contribution in [0.2, 0.25) is 0 Å². The van der Waals surface area contributed by atoms with Crippen LogP contribution in [0.3, 0.4) is 0 Å². The Labute approximate surface area is 98.8 Å². The molecule has 0 nitrogen and oxygen atoms in total. The zero-order chi connectivity index (χ0) is 0. The normalized spacial score (nSPS) is 0. The van der Waals surface area contributed by atoms with Crippen molar-refractivity contribution in [2.75, 3.05) is 0 Å². The van der Waals surface area contributed by atoms with E-state index in [1.807, 2.05) is 0 Å². The minimum absolute atomic E-state index is 0. The van der Waals surface area contributed by atoms with E-state index in [1.54, 1.807) is 0 Å². The van der Waals surface area contributed by atoms with Gasteiger partial charge in [0.25, 0.3) is 0 Å². The maximum absolute atomic E-state index is 0. The molecule has 0 saturated carbocycles. The number of rotatable bonds is 0. The quantitative estimate of drug-likeness (QED) is 0.381. The van der Waals surface area contributed by atoms with E-state index in [1.165, 1.54) is 0 Å². The SMILES string of the molecule is [Al+3].[Al+3].[Br-].[Br-].[Br-].[F-].[F-].[F-]. The van der Waals surface area contributed by atoms with Gasteiger partial charge in [0.05, 0.1) is 0 Å². The number of halogens is 6. The molecule has 8 heteroatoms. The zero-order valence-corrected chi connectivity index (χ0v) is 10.5. The summed E-state index contributed by atoms with van der Waals surface area (Å²) in [6.45, 7) is 0. The first-order valence-corrected chi connectivity index (χ1v) is 0. The molecule has 0 rings (SSSR count). The van der Waals surface area contributed by atoms with E-state index in [0.717, 1.165) is 0 Å². The standard InChI is InChI=1S/2Al.3BrH.3FH/h;;6*1H/q2*+3;;;;;;/p-6. The summed E-state index contributed by atoms with van der Waals surface area (Å²) in [6, 6.07) is 0. The number of hydrogen-bond donors (Lipinski definition) is 0. The minimum atomic E-state index is 0. The van der Waals surface area contributed by atoms with Gasteiger partial charge >= 0.3 is 34.7 Å². The molecule has 0 atom stereocenters. The van der Waals surface area contributed by atoms with Gasteiger partial charge in [-0.05, 0) is 0 Å². The Morgan fingerprint density at radius 2 is 0.375 bits per heavy atom. The zero-order valence-electron chi connectivity index (χ0n) is 3.42. The predicted molar refractivity (Wildman–Crippen MR) is 11.5 cm³/mol. The number of hydrogen-bond acceptors (Lipinski definition) is 0. The third kappa shape index (κ3) is 83.8. The summed E-state index contributed by atoms with van der Waals surface area (Å²) in [5.41, 5.74) is 0. The monoisotopic (exact) mass is 348 g/mol. The molecule has 0 fully saturated rings. The van der Waals surface area contributed by atoms with Crippen molar-refractivity contribution in [2.45, 2.75) is 0 Å². The summed E-state index contributed by atoms with van der Waals surface area (Å²) in [6.07, 6.45) is 0. The fourth-order valence-corrected chi connectivity index (χ4v) is 0. The van der Waals surface area contributed by atoms with Gasteiger partial charge in [0.2, 0.25) is 0 Å². The Hall–Kier alpha value is 2.29. The van der Waals surface area contributed by atoms with Crippen molar-refractivity contribution in [1.82, 2.24) is 0 Å². The molecule has 8 heavy (non-hydrogen) atoms. The first-order valence-electron chi connectivity index (χ1n) is 0. The fourth-order valence-electron chi connectivity index (χ4n) is 0. The van der Waals surface area contributed by atoms with Gasteiger partial charge in [0.1, 0.15) is 0 Å². The second-order valence-electron chi connectivity index (χ2n) is 0. The van der Waals surface area contributed by atoms with Crippen LogP contribution in [0.25, 0.3) is 0 Å². The van der Waals surface area contributed by atoms with Crippen LogP contribution in [-0.4, -0.2) is 34.7 Å². The van der Waals surface area contributed by atoms with E-state index < -0.39 is 0 Å². The molecule has 0 aromatic rings. The summed E-state index contributed by atoms with van der Waals surface area (Å²) in [4.78, 5) is 0. The summed E-state index contributed by atoms with van der Waals surface area (Å²) in [7, 11) is 0. The smallest absolute Gasteiger partial charge is 1.00 e. The third-order valence-corrected chi connectivity index (χ3v) is 0. The molecule has 0 amide bonds. The Morgan fingerprint density at radius 3 is 0.375 bits per heavy atom. The first-order chi connectivity index (χ1) is 0. The molecular formula is Al2Br3F3. The topological polar surface area (TPSA) is 0 Å². The van der Waals surface area contributed by atoms with E-state index in [2.05, 4.69) is 0 Å². The average molecular weight is 351 g/mol. The fraction of sp³-hybridized carbons (Fsp3) is 0. The molecule has 0 saturated heterocycles. The Bertz CT molecular complexity index is 12.5. The van der Waals surface area contributed by atoms with Gasteiger partial charge in [0, 0.05) is 0 Å². The van der Waals surface area contributed by atoms with Crippen LogP contribution < -0.4 is 65.1 Å². The Balaban J connectivity index is 0. The maximum Gasteiger partial charge on any atom is 3.00 e. The van der Waals surface area contributed by atoms with Gasteiger partial charge in [-0.15, -0.1) is 0 Å². The molecule has 0 unspecified atom stereocenters. The van der Waals surface area contributed by atoms with E-state index in [-0.39, 0.29) is 99.8 Å². The summed E-state index contributed by atoms with van der Waals surface area (Å²) in [5.74, 6) is 0. The molecule has 0 aliphatic carbocycles. The van der Waals surface area contributed by atoms with Crippen molar-refractivity contribution in [3.05, 3.63) is 0 Å². The molecule has 0 aromatic heterocycles. The van der Waals surface area contributed by atoms with Crippen molar-refractivity contribution in [2.24, 2.45) is 0 Å². The van der Waals surface area contributed by atoms with Crippen molar-refractivity contribution in [3.8, 4) is 0 Å². The molecule has 0 radical (unpaired) electrons. The van der Waals surface area contributed by atoms with E-state index in [0.29, 0.717) is 0 Å². The molecule has 0 aliphatic heterocycles. The van der Waals surface area contributed by atoms with Crippen molar-refractivity contribution in [3.63, 3.8) is 0 Å². The third-order valence-electron chi connectivity index (χ3n) is 0. The van der Waals surface area contributed by atoms with Crippen LogP contribution >= 0.6 is 0 Å². The maximum atomic E-state index is 0. The van der Waals surface area contributed by atoms with E-state index >= 15 is 0 Å². The van der Waals surface area contributed by atoms with Crippen molar-refractivity contribution >= 4 is 34.7 Å². The van der Waals surface area contributed by atoms with Gasteiger partial charge in [-0.1, -0.05) is 0 Å². The largest absolute Gasteiger partial charge is 3.00 e. The molecule has 0 bridgehead atoms. The molecule has 0 heterocycles. The van der Waals surface area contributed by atoms with Gasteiger partial charge < -0.3 is 65.1 Å². The van der Waals surface area contributed by atoms with Gasteiger partial charge in [-0.2, -0.15) is 0 Å². The molecule has 0 aromatic carbocycles. The van der Waals surface area contributed by atoms with Crippen LogP contribution in [0.4, 0.5) is 0 Å². The average Bonchev–Trinajstić information content (AvgIpc) is 0. The molecule has 0 spiro atoms. The molecule has 48 valence electrons. The van der Waals surface area contributed by atoms with Crippen LogP contribution in [-0.2, 0) is 0 Å². The second-order valence-corrected chi connectivity index (χ2v) is 0. The van der Waals surface area contributed by atoms with Crippen molar-refractivity contribution < 1.29 is 65.1 Å². The van der Waals surface area contributed by atoms with E-state index in [4.69, 9.17) is 0 Å². The van der Waals surface area contributed by atoms with Crippen LogP contribution in [0.1, 0.15) is 0 Å². The van der Waals surface area contributed by atoms with Crippen LogP contribution in [0, 0.1) is 0 Å². The van der Waals surface area contributed by atoms with Gasteiger partial charge in [0.15, 0.2) is 0 Å². The summed E-state index contributed by atoms with van der Waals surface area (Å²) in [5, 5.41) is 0. The van der Waals surface area contributed by atoms with Gasteiger partial charge in [-0.25, -0.2) is 0 Å². The van der Waals surface area contributed by atoms with Crippen LogP contribution in [0.5, 0.6) is 0 Å². The molecular weight excluding hydrogens is 351 g/mol. The first kappa shape index (κ1) is 169. The van der Waals surface area contributed by atoms with Crippen molar-refractivity contribution in [1.29, 1.82) is 0 Å². The summed E-state index contributed by atoms with van der Waals surface area (Å²) >= 11 is 0. The predicted octanol–water partition coefficient (Wildman–Crippen LogP) is -18.7. The Kier molecular flexibility index (Phi) is 2560. The van der Waals surface area contributed by atoms with Gasteiger partial charge in [-0.3, -0.25) is 0 Å². The Morgan fingerprint density at radius 1 is 0.375 bits per heavy atom. The molecule has 0 aliphatic rings. The van der Waals surface area contributed by atoms with E-state index in [9.17, 15) is 0 Å². The molecule has 0 N–H and O–H groups in total. The summed E-state index contributed by atoms with van der Waals surface area (Å²) < 4.78 is 0. The second kappa shape index (κ2) is 121. The van der Waals surface area contributed by atoms with Crippen LogP contribution in [0.15, 0.2) is 0 Å². The minimum Gasteiger partial charge on any atom is -1.00 e.